The minimum Gasteiger partial charge on any atom is -0.348 e. The first-order chi connectivity index (χ1) is 13.4. The lowest BCUT2D eigenvalue weighted by Gasteiger charge is -2.31. The van der Waals surface area contributed by atoms with Crippen molar-refractivity contribution in [1.82, 2.24) is 5.32 Å². The summed E-state index contributed by atoms with van der Waals surface area (Å²) < 4.78 is 0. The van der Waals surface area contributed by atoms with Crippen LogP contribution in [-0.4, -0.2) is 27.0 Å². The van der Waals surface area contributed by atoms with Crippen molar-refractivity contribution >= 4 is 29.0 Å². The van der Waals surface area contributed by atoms with Crippen LogP contribution in [0.25, 0.3) is 0 Å². The highest BCUT2D eigenvalue weighted by Crippen LogP contribution is 2.34. The van der Waals surface area contributed by atoms with Crippen molar-refractivity contribution < 1.29 is 14.6 Å². The molecular weight excluding hydrogens is 382 g/mol. The van der Waals surface area contributed by atoms with E-state index in [0.29, 0.717) is 0 Å². The van der Waals surface area contributed by atoms with Gasteiger partial charge in [0.15, 0.2) is 0 Å². The number of rotatable bonds is 6. The molecule has 146 valence electrons. The molecule has 1 aliphatic carbocycles. The lowest BCUT2D eigenvalue weighted by Crippen LogP contribution is -2.43. The second kappa shape index (κ2) is 8.83. The van der Waals surface area contributed by atoms with E-state index in [-0.39, 0.29) is 16.9 Å². The Morgan fingerprint density at radius 3 is 2.18 bits per heavy atom. The predicted octanol–water partition coefficient (Wildman–Crippen LogP) is 4.34. The molecule has 0 radical (unpaired) electrons. The number of carbonyl (C=O) groups excluding carboxylic acids is 1. The quantitative estimate of drug-likeness (QED) is 0.569. The van der Waals surface area contributed by atoms with E-state index in [0.717, 1.165) is 48.8 Å². The highest BCUT2D eigenvalue weighted by atomic mass is 32.2. The lowest BCUT2D eigenvalue weighted by molar-refractivity contribution is -0.394. The molecule has 1 aliphatic rings. The molecule has 1 amide bonds. The third kappa shape index (κ3) is 4.86. The van der Waals surface area contributed by atoms with Crippen molar-refractivity contribution in [3.8, 4) is 0 Å². The number of thioether (sulfide) groups is 1. The second-order valence-electron chi connectivity index (χ2n) is 6.59. The number of nitrogens with zero attached hydrogens (tertiary/aromatic N) is 2. The summed E-state index contributed by atoms with van der Waals surface area (Å²) in [5.74, 6) is -0.530. The maximum absolute atomic E-state index is 12.7. The van der Waals surface area contributed by atoms with Crippen molar-refractivity contribution in [3.63, 3.8) is 0 Å². The average molecular weight is 401 g/mol. The molecule has 28 heavy (non-hydrogen) atoms. The molecule has 1 N–H and O–H groups in total. The Balaban J connectivity index is 1.78. The van der Waals surface area contributed by atoms with Gasteiger partial charge in [-0.3, -0.25) is 25.0 Å². The van der Waals surface area contributed by atoms with Gasteiger partial charge in [-0.25, -0.2) is 0 Å². The molecule has 2 atom stereocenters. The number of hydrogen-bond acceptors (Lipinski definition) is 6. The summed E-state index contributed by atoms with van der Waals surface area (Å²) in [6.45, 7) is 0. The van der Waals surface area contributed by atoms with E-state index in [2.05, 4.69) is 5.32 Å². The number of hydrogen-bond donors (Lipinski definition) is 1. The largest absolute Gasteiger partial charge is 0.348 e. The predicted molar refractivity (Wildman–Crippen MR) is 106 cm³/mol. The van der Waals surface area contributed by atoms with Gasteiger partial charge in [-0.15, -0.1) is 11.8 Å². The molecule has 2 aromatic carbocycles. The molecule has 0 spiro atoms. The zero-order chi connectivity index (χ0) is 20.1. The van der Waals surface area contributed by atoms with Crippen LogP contribution in [0.5, 0.6) is 0 Å². The van der Waals surface area contributed by atoms with E-state index >= 15 is 0 Å². The standard InChI is InChI=1S/C19H19N3O5S/c23-19(13-10-14(21(24)25)12-15(11-13)22(26)27)20-17-8-4-5-9-18(17)28-16-6-2-1-3-7-16/h1-3,6-7,10-12,17-18H,4-5,8-9H2,(H,20,23)/t17-,18-/m1/s1. The van der Waals surface area contributed by atoms with E-state index in [4.69, 9.17) is 0 Å². The van der Waals surface area contributed by atoms with Crippen molar-refractivity contribution in [2.45, 2.75) is 41.9 Å². The molecule has 0 unspecified atom stereocenters. The lowest BCUT2D eigenvalue weighted by atomic mass is 9.94. The van der Waals surface area contributed by atoms with Crippen LogP contribution in [0.1, 0.15) is 36.0 Å². The van der Waals surface area contributed by atoms with Crippen LogP contribution in [0.3, 0.4) is 0 Å². The minimum absolute atomic E-state index is 0.0741. The summed E-state index contributed by atoms with van der Waals surface area (Å²) in [5.41, 5.74) is -1.02. The Morgan fingerprint density at radius 2 is 1.57 bits per heavy atom. The fourth-order valence-electron chi connectivity index (χ4n) is 3.27. The number of amides is 1. The summed E-state index contributed by atoms with van der Waals surface area (Å²) in [6.07, 6.45) is 3.79. The molecule has 0 heterocycles. The van der Waals surface area contributed by atoms with Crippen molar-refractivity contribution in [3.05, 3.63) is 74.3 Å². The molecular formula is C19H19N3O5S. The Bertz CT molecular complexity index is 858. The van der Waals surface area contributed by atoms with Crippen LogP contribution in [-0.2, 0) is 0 Å². The van der Waals surface area contributed by atoms with Crippen molar-refractivity contribution in [2.24, 2.45) is 0 Å². The molecule has 1 saturated carbocycles. The van der Waals surface area contributed by atoms with Crippen LogP contribution in [0, 0.1) is 20.2 Å². The van der Waals surface area contributed by atoms with Gasteiger partial charge < -0.3 is 5.32 Å². The van der Waals surface area contributed by atoms with Crippen LogP contribution >= 0.6 is 11.8 Å². The fourth-order valence-corrected chi connectivity index (χ4v) is 4.58. The maximum Gasteiger partial charge on any atom is 0.277 e. The summed E-state index contributed by atoms with van der Waals surface area (Å²) in [6, 6.07) is 12.8. The maximum atomic E-state index is 12.7. The van der Waals surface area contributed by atoms with E-state index in [1.807, 2.05) is 30.3 Å². The molecule has 8 nitrogen and oxygen atoms in total. The molecule has 0 aliphatic heterocycles. The summed E-state index contributed by atoms with van der Waals surface area (Å²) in [7, 11) is 0. The number of non-ortho nitro benzene ring substituents is 2. The number of nitro benzene ring substituents is 2. The highest BCUT2D eigenvalue weighted by Gasteiger charge is 2.29. The molecule has 3 rings (SSSR count). The Morgan fingerprint density at radius 1 is 0.964 bits per heavy atom. The topological polar surface area (TPSA) is 115 Å². The summed E-state index contributed by atoms with van der Waals surface area (Å²) >= 11 is 1.69. The number of carbonyl (C=O) groups is 1. The third-order valence-corrected chi connectivity index (χ3v) is 6.05. The zero-order valence-corrected chi connectivity index (χ0v) is 15.8. The van der Waals surface area contributed by atoms with E-state index in [1.54, 1.807) is 11.8 Å². The van der Waals surface area contributed by atoms with E-state index < -0.39 is 27.1 Å². The smallest absolute Gasteiger partial charge is 0.277 e. The summed E-state index contributed by atoms with van der Waals surface area (Å²) in [5, 5.41) is 25.2. The Kier molecular flexibility index (Phi) is 6.25. The SMILES string of the molecule is O=C(N[C@@H]1CCCC[C@H]1Sc1ccccc1)c1cc([N+](=O)[O-])cc([N+](=O)[O-])c1. The number of nitrogens with one attached hydrogen (secondary N) is 1. The normalized spacial score (nSPS) is 19.0. The molecule has 9 heteroatoms. The first-order valence-electron chi connectivity index (χ1n) is 8.90. The molecule has 0 saturated heterocycles. The third-order valence-electron chi connectivity index (χ3n) is 4.64. The molecule has 1 fully saturated rings. The number of nitro groups is 2. The second-order valence-corrected chi connectivity index (χ2v) is 7.90. The highest BCUT2D eigenvalue weighted by molar-refractivity contribution is 8.00. The van der Waals surface area contributed by atoms with Gasteiger partial charge >= 0.3 is 0 Å². The monoisotopic (exact) mass is 401 g/mol. The first kappa shape index (κ1) is 19.8. The van der Waals surface area contributed by atoms with E-state index in [1.165, 1.54) is 0 Å². The Hall–Kier alpha value is -2.94. The van der Waals surface area contributed by atoms with Gasteiger partial charge in [-0.05, 0) is 25.0 Å². The van der Waals surface area contributed by atoms with Crippen LogP contribution in [0.4, 0.5) is 11.4 Å². The fraction of sp³-hybridized carbons (Fsp3) is 0.316. The van der Waals surface area contributed by atoms with Gasteiger partial charge in [0.2, 0.25) is 0 Å². The van der Waals surface area contributed by atoms with Crippen LogP contribution < -0.4 is 5.32 Å². The van der Waals surface area contributed by atoms with Gasteiger partial charge in [0.1, 0.15) is 0 Å². The van der Waals surface area contributed by atoms with Crippen molar-refractivity contribution in [1.29, 1.82) is 0 Å². The van der Waals surface area contributed by atoms with E-state index in [9.17, 15) is 25.0 Å². The average Bonchev–Trinajstić information content (AvgIpc) is 2.69. The zero-order valence-electron chi connectivity index (χ0n) is 14.9. The molecule has 0 aromatic heterocycles. The minimum atomic E-state index is -0.738. The van der Waals surface area contributed by atoms with Gasteiger partial charge in [0, 0.05) is 28.3 Å². The van der Waals surface area contributed by atoms with Gasteiger partial charge in [0.25, 0.3) is 17.3 Å². The first-order valence-corrected chi connectivity index (χ1v) is 9.78. The summed E-state index contributed by atoms with van der Waals surface area (Å²) in [4.78, 5) is 34.4. The Labute approximate surface area is 165 Å². The molecule has 2 aromatic rings. The van der Waals surface area contributed by atoms with Crippen LogP contribution in [0.15, 0.2) is 53.4 Å². The van der Waals surface area contributed by atoms with Gasteiger partial charge in [0.05, 0.1) is 21.5 Å². The molecule has 0 bridgehead atoms. The van der Waals surface area contributed by atoms with Gasteiger partial charge in [-0.2, -0.15) is 0 Å². The number of benzene rings is 2. The van der Waals surface area contributed by atoms with Crippen LogP contribution in [0.2, 0.25) is 0 Å². The van der Waals surface area contributed by atoms with Gasteiger partial charge in [-0.1, -0.05) is 31.0 Å². The van der Waals surface area contributed by atoms with Crippen molar-refractivity contribution in [2.75, 3.05) is 0 Å².